The lowest BCUT2D eigenvalue weighted by Crippen LogP contribution is -2.14. The third-order valence-corrected chi connectivity index (χ3v) is 12.1. The number of hydrogen-bond donors (Lipinski definition) is 0. The van der Waals surface area contributed by atoms with Crippen LogP contribution in [0.3, 0.4) is 0 Å². The molecule has 10 aromatic rings. The summed E-state index contributed by atoms with van der Waals surface area (Å²) in [5, 5.41) is 4.59. The van der Waals surface area contributed by atoms with Gasteiger partial charge in [-0.2, -0.15) is 0 Å². The van der Waals surface area contributed by atoms with Gasteiger partial charge in [0.25, 0.3) is 0 Å². The summed E-state index contributed by atoms with van der Waals surface area (Å²) in [5.41, 5.74) is 17.6. The summed E-state index contributed by atoms with van der Waals surface area (Å²) in [5.74, 6) is 0. The van der Waals surface area contributed by atoms with Gasteiger partial charge in [-0.15, -0.1) is 0 Å². The Balaban J connectivity index is 1.00. The van der Waals surface area contributed by atoms with E-state index in [-0.39, 0.29) is 5.41 Å². The summed E-state index contributed by atoms with van der Waals surface area (Å²) < 4.78 is 6.71. The average Bonchev–Trinajstić information content (AvgIpc) is 3.77. The summed E-state index contributed by atoms with van der Waals surface area (Å²) in [6, 6.07) is 72.4. The molecule has 0 bridgehead atoms. The molecule has 0 unspecified atom stereocenters. The number of para-hydroxylation sites is 1. The maximum atomic E-state index is 6.71. The van der Waals surface area contributed by atoms with Crippen molar-refractivity contribution >= 4 is 49.8 Å². The van der Waals surface area contributed by atoms with E-state index in [0.717, 1.165) is 55.5 Å². The smallest absolute Gasteiger partial charge is 0.143 e. The summed E-state index contributed by atoms with van der Waals surface area (Å²) in [6.45, 7) is 4.69. The Hall–Kier alpha value is -7.16. The lowest BCUT2D eigenvalue weighted by molar-refractivity contribution is 0.660. The standard InChI is InChI=1S/C55H39NO/c1-55(2)50-20-9-8-16-49(50)52-44(17-11-21-51(52)55)39-24-31-42(32-25-39)56(41-29-22-37(23-30-41)36-12-4-3-5-13-36)43-33-26-40(27-34-43)46-18-10-19-47-48-35-28-38-14-6-7-15-45(38)54(48)57-53(46)47/h3-35H,1-2H3. The van der Waals surface area contributed by atoms with Crippen LogP contribution in [-0.2, 0) is 5.41 Å². The SMILES string of the molecule is CC1(C)c2ccccc2-c2c(-c3ccc(N(c4ccc(-c5ccccc5)cc4)c4ccc(-c5cccc6c5oc5c7ccccc7ccc65)cc4)cc3)cccc21. The normalized spacial score (nSPS) is 12.9. The Labute approximate surface area is 332 Å². The van der Waals surface area contributed by atoms with Crippen LogP contribution in [0.1, 0.15) is 25.0 Å². The number of benzene rings is 9. The number of rotatable bonds is 6. The number of anilines is 3. The third-order valence-electron chi connectivity index (χ3n) is 12.1. The molecule has 11 rings (SSSR count). The molecule has 57 heavy (non-hydrogen) atoms. The van der Waals surface area contributed by atoms with Crippen LogP contribution in [0.5, 0.6) is 0 Å². The van der Waals surface area contributed by atoms with E-state index in [0.29, 0.717) is 0 Å². The van der Waals surface area contributed by atoms with Gasteiger partial charge in [-0.05, 0) is 97.9 Å². The Bertz CT molecular complexity index is 3120. The lowest BCUT2D eigenvalue weighted by Gasteiger charge is -2.26. The van der Waals surface area contributed by atoms with E-state index in [4.69, 9.17) is 4.42 Å². The van der Waals surface area contributed by atoms with Crippen LogP contribution < -0.4 is 4.90 Å². The molecule has 0 fully saturated rings. The highest BCUT2D eigenvalue weighted by molar-refractivity contribution is 6.17. The monoisotopic (exact) mass is 729 g/mol. The van der Waals surface area contributed by atoms with E-state index < -0.39 is 0 Å². The second-order valence-corrected chi connectivity index (χ2v) is 15.7. The molecule has 0 N–H and O–H groups in total. The Kier molecular flexibility index (Phi) is 7.55. The molecule has 0 amide bonds. The quantitative estimate of drug-likeness (QED) is 0.169. The molecule has 0 spiro atoms. The van der Waals surface area contributed by atoms with Crippen molar-refractivity contribution in [1.29, 1.82) is 0 Å². The first kappa shape index (κ1) is 33.2. The van der Waals surface area contributed by atoms with Crippen molar-refractivity contribution in [1.82, 2.24) is 0 Å². The van der Waals surface area contributed by atoms with E-state index in [9.17, 15) is 0 Å². The predicted molar refractivity (Wildman–Crippen MR) is 240 cm³/mol. The molecule has 1 heterocycles. The van der Waals surface area contributed by atoms with Crippen LogP contribution in [0, 0.1) is 0 Å². The summed E-state index contributed by atoms with van der Waals surface area (Å²) in [7, 11) is 0. The van der Waals surface area contributed by atoms with Crippen molar-refractivity contribution in [3.63, 3.8) is 0 Å². The fourth-order valence-corrected chi connectivity index (χ4v) is 9.21. The van der Waals surface area contributed by atoms with Gasteiger partial charge >= 0.3 is 0 Å². The number of hydrogen-bond acceptors (Lipinski definition) is 2. The molecule has 0 radical (unpaired) electrons. The molecule has 270 valence electrons. The average molecular weight is 730 g/mol. The molecular formula is C55H39NO. The fraction of sp³-hybridized carbons (Fsp3) is 0.0545. The minimum absolute atomic E-state index is 0.0406. The summed E-state index contributed by atoms with van der Waals surface area (Å²) in [6.07, 6.45) is 0. The van der Waals surface area contributed by atoms with E-state index in [1.165, 1.54) is 49.9 Å². The molecule has 1 aliphatic rings. The first-order valence-electron chi connectivity index (χ1n) is 19.8. The first-order chi connectivity index (χ1) is 28.0. The van der Waals surface area contributed by atoms with Crippen LogP contribution in [0.2, 0.25) is 0 Å². The third kappa shape index (κ3) is 5.33. The largest absolute Gasteiger partial charge is 0.455 e. The van der Waals surface area contributed by atoms with Crippen LogP contribution in [-0.4, -0.2) is 0 Å². The molecule has 0 atom stereocenters. The summed E-state index contributed by atoms with van der Waals surface area (Å²) in [4.78, 5) is 2.35. The number of furan rings is 1. The van der Waals surface area contributed by atoms with Crippen LogP contribution in [0.4, 0.5) is 17.1 Å². The van der Waals surface area contributed by atoms with Crippen LogP contribution in [0.15, 0.2) is 205 Å². The highest BCUT2D eigenvalue weighted by Gasteiger charge is 2.36. The van der Waals surface area contributed by atoms with Gasteiger partial charge in [0, 0.05) is 44.2 Å². The first-order valence-corrected chi connectivity index (χ1v) is 19.8. The molecule has 0 aliphatic heterocycles. The zero-order valence-corrected chi connectivity index (χ0v) is 31.9. The Morgan fingerprint density at radius 2 is 0.860 bits per heavy atom. The second-order valence-electron chi connectivity index (χ2n) is 15.7. The molecule has 0 saturated carbocycles. The zero-order chi connectivity index (χ0) is 38.1. The van der Waals surface area contributed by atoms with Gasteiger partial charge in [-0.3, -0.25) is 0 Å². The van der Waals surface area contributed by atoms with Crippen molar-refractivity contribution in [2.45, 2.75) is 19.3 Å². The van der Waals surface area contributed by atoms with E-state index in [2.05, 4.69) is 219 Å². The zero-order valence-electron chi connectivity index (χ0n) is 31.9. The van der Waals surface area contributed by atoms with Crippen molar-refractivity contribution in [2.24, 2.45) is 0 Å². The maximum absolute atomic E-state index is 6.71. The highest BCUT2D eigenvalue weighted by atomic mass is 16.3. The van der Waals surface area contributed by atoms with Gasteiger partial charge in [0.05, 0.1) is 0 Å². The lowest BCUT2D eigenvalue weighted by atomic mass is 9.82. The van der Waals surface area contributed by atoms with Gasteiger partial charge in [-0.25, -0.2) is 0 Å². The van der Waals surface area contributed by atoms with E-state index in [1.807, 2.05) is 0 Å². The molecule has 1 aromatic heterocycles. The van der Waals surface area contributed by atoms with Gasteiger partial charge in [0.1, 0.15) is 11.2 Å². The van der Waals surface area contributed by atoms with Gasteiger partial charge in [0.15, 0.2) is 0 Å². The second kappa shape index (κ2) is 13.0. The molecular weight excluding hydrogens is 691 g/mol. The van der Waals surface area contributed by atoms with Gasteiger partial charge < -0.3 is 9.32 Å². The number of fused-ring (bicyclic) bond motifs is 8. The minimum atomic E-state index is -0.0406. The van der Waals surface area contributed by atoms with Gasteiger partial charge in [0.2, 0.25) is 0 Å². The maximum Gasteiger partial charge on any atom is 0.143 e. The predicted octanol–water partition coefficient (Wildman–Crippen LogP) is 15.5. The molecule has 2 nitrogen and oxygen atoms in total. The van der Waals surface area contributed by atoms with E-state index in [1.54, 1.807) is 0 Å². The van der Waals surface area contributed by atoms with Crippen molar-refractivity contribution in [2.75, 3.05) is 4.90 Å². The number of nitrogens with zero attached hydrogens (tertiary/aromatic N) is 1. The van der Waals surface area contributed by atoms with Crippen LogP contribution in [0.25, 0.3) is 77.2 Å². The molecule has 9 aromatic carbocycles. The highest BCUT2D eigenvalue weighted by Crippen LogP contribution is 2.52. The van der Waals surface area contributed by atoms with Crippen molar-refractivity contribution in [3.8, 4) is 44.5 Å². The minimum Gasteiger partial charge on any atom is -0.455 e. The van der Waals surface area contributed by atoms with E-state index >= 15 is 0 Å². The van der Waals surface area contributed by atoms with Crippen molar-refractivity contribution < 1.29 is 4.42 Å². The Morgan fingerprint density at radius 1 is 0.351 bits per heavy atom. The van der Waals surface area contributed by atoms with Crippen LogP contribution >= 0.6 is 0 Å². The molecule has 0 saturated heterocycles. The molecule has 2 heteroatoms. The molecule has 1 aliphatic carbocycles. The van der Waals surface area contributed by atoms with Crippen molar-refractivity contribution in [3.05, 3.63) is 211 Å². The summed E-state index contributed by atoms with van der Waals surface area (Å²) >= 11 is 0. The fourth-order valence-electron chi connectivity index (χ4n) is 9.21. The topological polar surface area (TPSA) is 16.4 Å². The Morgan fingerprint density at radius 3 is 1.60 bits per heavy atom. The van der Waals surface area contributed by atoms with Gasteiger partial charge in [-0.1, -0.05) is 172 Å².